The number of nitrogens with zero attached hydrogens (tertiary/aromatic N) is 5. The molecular weight excluding hydrogens is 648 g/mol. The number of rotatable bonds is 7. The lowest BCUT2D eigenvalue weighted by Gasteiger charge is -2.34. The Hall–Kier alpha value is -3.97. The second kappa shape index (κ2) is 12.6. The van der Waals surface area contributed by atoms with Crippen molar-refractivity contribution < 1.29 is 22.7 Å². The lowest BCUT2D eigenvalue weighted by atomic mass is 10.0. The summed E-state index contributed by atoms with van der Waals surface area (Å²) in [7, 11) is -3.55. The number of carbonyl (C=O) groups excluding carboxylic acids is 1. The molecule has 2 aromatic carbocycles. The summed E-state index contributed by atoms with van der Waals surface area (Å²) < 4.78 is 37.6. The average Bonchev–Trinajstić information content (AvgIpc) is 2.97. The molecule has 1 fully saturated rings. The van der Waals surface area contributed by atoms with Crippen LogP contribution in [0.1, 0.15) is 39.2 Å². The molecule has 1 atom stereocenters. The van der Waals surface area contributed by atoms with Crippen molar-refractivity contribution in [2.75, 3.05) is 28.0 Å². The van der Waals surface area contributed by atoms with Crippen LogP contribution in [-0.2, 0) is 14.8 Å². The van der Waals surface area contributed by atoms with Crippen LogP contribution in [0, 0.1) is 6.92 Å². The van der Waals surface area contributed by atoms with Crippen LogP contribution < -0.4 is 13.4 Å². The van der Waals surface area contributed by atoms with Crippen LogP contribution in [0.5, 0.6) is 11.6 Å². The number of nitrogens with one attached hydrogen (secondary N) is 1. The molecule has 232 valence electrons. The second-order valence-electron chi connectivity index (χ2n) is 11.7. The number of likely N-dealkylation sites (tertiary alicyclic amines) is 1. The quantitative estimate of drug-likeness (QED) is 0.212. The Morgan fingerprint density at radius 1 is 1.07 bits per heavy atom. The molecule has 13 heteroatoms. The second-order valence-corrected chi connectivity index (χ2v) is 14.7. The monoisotopic (exact) mass is 682 g/mol. The molecule has 5 rings (SSSR count). The van der Waals surface area contributed by atoms with Crippen molar-refractivity contribution in [1.29, 1.82) is 0 Å². The standard InChI is InChI=1S/C31H35BrN6O5S/c1-20-13-14-22-23(10-6-12-26(22)38(32)44(5,40)41)27(20)42-28-24(11-7-16-33-28)25-15-17-34-29(36-25)35-21-9-8-18-37(19-21)30(39)43-31(2,3)4/h6-7,10-17,21H,8-9,18-19H2,1-5H3,(H,34,35,36). The lowest BCUT2D eigenvalue weighted by Crippen LogP contribution is -2.47. The first-order chi connectivity index (χ1) is 20.8. The van der Waals surface area contributed by atoms with Gasteiger partial charge in [0.25, 0.3) is 0 Å². The molecule has 0 radical (unpaired) electrons. The Morgan fingerprint density at radius 2 is 1.86 bits per heavy atom. The zero-order chi connectivity index (χ0) is 31.6. The van der Waals surface area contributed by atoms with Crippen molar-refractivity contribution in [1.82, 2.24) is 19.9 Å². The Balaban J connectivity index is 1.41. The van der Waals surface area contributed by atoms with E-state index in [9.17, 15) is 13.2 Å². The van der Waals surface area contributed by atoms with E-state index < -0.39 is 15.6 Å². The summed E-state index contributed by atoms with van der Waals surface area (Å²) in [5.41, 5.74) is 2.02. The van der Waals surface area contributed by atoms with Gasteiger partial charge in [-0.3, -0.25) is 0 Å². The van der Waals surface area contributed by atoms with Gasteiger partial charge < -0.3 is 19.7 Å². The molecule has 4 aromatic rings. The molecule has 0 spiro atoms. The van der Waals surface area contributed by atoms with Crippen LogP contribution in [0.2, 0.25) is 0 Å². The number of pyridine rings is 1. The molecule has 2 aromatic heterocycles. The van der Waals surface area contributed by atoms with Gasteiger partial charge in [0, 0.05) is 42.3 Å². The van der Waals surface area contributed by atoms with Crippen LogP contribution in [0.25, 0.3) is 22.0 Å². The zero-order valence-electron chi connectivity index (χ0n) is 25.2. The third-order valence-corrected chi connectivity index (χ3v) is 9.71. The van der Waals surface area contributed by atoms with Crippen molar-refractivity contribution in [3.63, 3.8) is 0 Å². The molecule has 0 saturated carbocycles. The van der Waals surface area contributed by atoms with Crippen molar-refractivity contribution >= 4 is 54.7 Å². The van der Waals surface area contributed by atoms with E-state index in [1.165, 1.54) is 0 Å². The van der Waals surface area contributed by atoms with Gasteiger partial charge in [-0.1, -0.05) is 24.3 Å². The third kappa shape index (κ3) is 7.21. The number of benzene rings is 2. The predicted molar refractivity (Wildman–Crippen MR) is 175 cm³/mol. The SMILES string of the molecule is Cc1ccc2c(N(Br)S(C)(=O)=O)cccc2c1Oc1ncccc1-c1ccnc(NC2CCCN(C(=O)OC(C)(C)C)C2)n1. The number of fused-ring (bicyclic) bond motifs is 1. The van der Waals surface area contributed by atoms with Gasteiger partial charge in [0.05, 0.1) is 39.3 Å². The Labute approximate surface area is 266 Å². The largest absolute Gasteiger partial charge is 0.444 e. The predicted octanol–water partition coefficient (Wildman–Crippen LogP) is 6.68. The van der Waals surface area contributed by atoms with Crippen molar-refractivity contribution in [3.05, 3.63) is 66.5 Å². The molecular formula is C31H35BrN6O5S. The van der Waals surface area contributed by atoms with Gasteiger partial charge >= 0.3 is 6.09 Å². The van der Waals surface area contributed by atoms with E-state index in [-0.39, 0.29) is 12.1 Å². The highest BCUT2D eigenvalue weighted by Crippen LogP contribution is 2.40. The summed E-state index contributed by atoms with van der Waals surface area (Å²) in [6.07, 6.45) is 5.81. The molecule has 1 aliphatic heterocycles. The maximum absolute atomic E-state index is 12.6. The molecule has 0 bridgehead atoms. The summed E-state index contributed by atoms with van der Waals surface area (Å²) in [6, 6.07) is 14.5. The maximum Gasteiger partial charge on any atom is 0.410 e. The Bertz CT molecular complexity index is 1800. The number of ether oxygens (including phenoxy) is 2. The van der Waals surface area contributed by atoms with Gasteiger partial charge in [0.15, 0.2) is 0 Å². The van der Waals surface area contributed by atoms with E-state index in [2.05, 4.69) is 31.4 Å². The van der Waals surface area contributed by atoms with E-state index in [0.29, 0.717) is 53.0 Å². The average molecular weight is 684 g/mol. The molecule has 1 N–H and O–H groups in total. The number of hydrogen-bond donors (Lipinski definition) is 1. The summed E-state index contributed by atoms with van der Waals surface area (Å²) in [5, 5.41) is 4.79. The van der Waals surface area contributed by atoms with Crippen LogP contribution in [0.15, 0.2) is 60.9 Å². The summed E-state index contributed by atoms with van der Waals surface area (Å²) >= 11 is 3.19. The highest BCUT2D eigenvalue weighted by Gasteiger charge is 2.28. The van der Waals surface area contributed by atoms with Crippen molar-refractivity contribution in [2.45, 2.75) is 52.2 Å². The minimum absolute atomic E-state index is 0.0374. The number of aromatic nitrogens is 3. The fraction of sp³-hybridized carbons (Fsp3) is 0.355. The normalized spacial score (nSPS) is 15.6. The number of anilines is 2. The topological polar surface area (TPSA) is 127 Å². The summed E-state index contributed by atoms with van der Waals surface area (Å²) in [5.74, 6) is 1.32. The number of carbonyl (C=O) groups is 1. The number of aryl methyl sites for hydroxylation is 1. The first-order valence-corrected chi connectivity index (χ1v) is 16.7. The number of hydrogen-bond acceptors (Lipinski definition) is 9. The minimum atomic E-state index is -3.55. The van der Waals surface area contributed by atoms with Crippen LogP contribution >= 0.6 is 16.1 Å². The van der Waals surface area contributed by atoms with Gasteiger partial charge in [0.2, 0.25) is 21.9 Å². The molecule has 1 saturated heterocycles. The van der Waals surface area contributed by atoms with Gasteiger partial charge in [0.1, 0.15) is 11.4 Å². The van der Waals surface area contributed by atoms with Gasteiger partial charge in [-0.2, -0.15) is 0 Å². The highest BCUT2D eigenvalue weighted by atomic mass is 79.9. The number of sulfonamides is 1. The Kier molecular flexibility index (Phi) is 8.98. The number of piperidine rings is 1. The minimum Gasteiger partial charge on any atom is -0.444 e. The van der Waals surface area contributed by atoms with Crippen molar-refractivity contribution in [2.24, 2.45) is 0 Å². The van der Waals surface area contributed by atoms with Gasteiger partial charge in [-0.25, -0.2) is 31.5 Å². The third-order valence-electron chi connectivity index (χ3n) is 6.97. The van der Waals surface area contributed by atoms with E-state index >= 15 is 0 Å². The van der Waals surface area contributed by atoms with E-state index in [4.69, 9.17) is 14.5 Å². The van der Waals surface area contributed by atoms with Crippen LogP contribution in [0.3, 0.4) is 0 Å². The van der Waals surface area contributed by atoms with E-state index in [1.807, 2.05) is 52.0 Å². The smallest absolute Gasteiger partial charge is 0.410 e. The van der Waals surface area contributed by atoms with Crippen LogP contribution in [-0.4, -0.2) is 65.4 Å². The lowest BCUT2D eigenvalue weighted by molar-refractivity contribution is 0.0206. The highest BCUT2D eigenvalue weighted by molar-refractivity contribution is 9.11. The van der Waals surface area contributed by atoms with Gasteiger partial charge in [-0.15, -0.1) is 0 Å². The summed E-state index contributed by atoms with van der Waals surface area (Å²) in [4.78, 5) is 28.1. The molecule has 11 nitrogen and oxygen atoms in total. The first kappa shape index (κ1) is 31.5. The van der Waals surface area contributed by atoms with Crippen LogP contribution in [0.4, 0.5) is 16.4 Å². The molecule has 1 unspecified atom stereocenters. The zero-order valence-corrected chi connectivity index (χ0v) is 27.6. The van der Waals surface area contributed by atoms with Crippen molar-refractivity contribution in [3.8, 4) is 22.9 Å². The van der Waals surface area contributed by atoms with Gasteiger partial charge in [-0.05, 0) is 70.4 Å². The number of amides is 1. The molecule has 1 amide bonds. The number of halogens is 1. The maximum atomic E-state index is 12.6. The van der Waals surface area contributed by atoms with E-state index in [0.717, 1.165) is 33.4 Å². The summed E-state index contributed by atoms with van der Waals surface area (Å²) in [6.45, 7) is 8.61. The molecule has 44 heavy (non-hydrogen) atoms. The van der Waals surface area contributed by atoms with E-state index in [1.54, 1.807) is 41.6 Å². The Morgan fingerprint density at radius 3 is 2.61 bits per heavy atom. The fourth-order valence-electron chi connectivity index (χ4n) is 5.00. The molecule has 1 aliphatic rings. The fourth-order valence-corrected chi connectivity index (χ4v) is 5.83. The first-order valence-electron chi connectivity index (χ1n) is 14.2. The molecule has 0 aliphatic carbocycles. The molecule has 3 heterocycles.